The SMILES string of the molecule is CC[C@H](Sc1nc2ccc(Br)cc2c2nc3ccccc3n12)C(=O)NC[C@@H]1CCCO1. The smallest absolute Gasteiger partial charge is 0.233 e. The predicted octanol–water partition coefficient (Wildman–Crippen LogP) is 4.96. The molecular formula is C23H23BrN4O2S. The van der Waals surface area contributed by atoms with Crippen LogP contribution in [0.1, 0.15) is 26.2 Å². The molecule has 0 unspecified atom stereocenters. The zero-order valence-corrected chi connectivity index (χ0v) is 19.6. The molecule has 160 valence electrons. The highest BCUT2D eigenvalue weighted by Crippen LogP contribution is 2.32. The van der Waals surface area contributed by atoms with Crippen molar-refractivity contribution in [1.82, 2.24) is 19.7 Å². The fraction of sp³-hybridized carbons (Fsp3) is 0.348. The number of imidazole rings is 1. The number of nitrogens with one attached hydrogen (secondary N) is 1. The van der Waals surface area contributed by atoms with Gasteiger partial charge < -0.3 is 10.1 Å². The monoisotopic (exact) mass is 498 g/mol. The molecule has 1 aliphatic rings. The van der Waals surface area contributed by atoms with Gasteiger partial charge in [0.25, 0.3) is 0 Å². The maximum Gasteiger partial charge on any atom is 0.233 e. The van der Waals surface area contributed by atoms with Crippen LogP contribution in [0.3, 0.4) is 0 Å². The van der Waals surface area contributed by atoms with Crippen molar-refractivity contribution in [3.8, 4) is 0 Å². The Hall–Kier alpha value is -2.16. The number of rotatable bonds is 6. The first-order valence-corrected chi connectivity index (χ1v) is 12.2. The van der Waals surface area contributed by atoms with Crippen LogP contribution in [0.2, 0.25) is 0 Å². The average molecular weight is 499 g/mol. The zero-order valence-electron chi connectivity index (χ0n) is 17.2. The molecule has 0 spiro atoms. The van der Waals surface area contributed by atoms with Gasteiger partial charge in [-0.3, -0.25) is 9.20 Å². The second-order valence-electron chi connectivity index (χ2n) is 7.71. The lowest BCUT2D eigenvalue weighted by atomic mass is 10.2. The van der Waals surface area contributed by atoms with Gasteiger partial charge in [-0.2, -0.15) is 0 Å². The summed E-state index contributed by atoms with van der Waals surface area (Å²) < 4.78 is 8.69. The number of aromatic nitrogens is 3. The van der Waals surface area contributed by atoms with Crippen LogP contribution in [-0.4, -0.2) is 44.8 Å². The van der Waals surface area contributed by atoms with E-state index < -0.39 is 0 Å². The van der Waals surface area contributed by atoms with E-state index in [1.165, 1.54) is 11.8 Å². The van der Waals surface area contributed by atoms with Crippen LogP contribution in [-0.2, 0) is 9.53 Å². The Morgan fingerprint density at radius 2 is 2.16 bits per heavy atom. The van der Waals surface area contributed by atoms with E-state index >= 15 is 0 Å². The Kier molecular flexibility index (Phi) is 5.86. The minimum absolute atomic E-state index is 0.0262. The molecule has 3 heterocycles. The van der Waals surface area contributed by atoms with Crippen LogP contribution in [0.4, 0.5) is 0 Å². The maximum absolute atomic E-state index is 12.9. The van der Waals surface area contributed by atoms with Gasteiger partial charge in [-0.25, -0.2) is 9.97 Å². The van der Waals surface area contributed by atoms with Crippen molar-refractivity contribution in [3.05, 3.63) is 46.9 Å². The van der Waals surface area contributed by atoms with Crippen LogP contribution in [0, 0.1) is 0 Å². The fourth-order valence-electron chi connectivity index (χ4n) is 4.00. The summed E-state index contributed by atoms with van der Waals surface area (Å²) in [5.74, 6) is 0.0262. The van der Waals surface area contributed by atoms with Gasteiger partial charge >= 0.3 is 0 Å². The maximum atomic E-state index is 12.9. The number of hydrogen-bond acceptors (Lipinski definition) is 5. The Balaban J connectivity index is 1.54. The van der Waals surface area contributed by atoms with Crippen molar-refractivity contribution < 1.29 is 9.53 Å². The number of carbonyl (C=O) groups is 1. The van der Waals surface area contributed by atoms with Crippen LogP contribution in [0.5, 0.6) is 0 Å². The van der Waals surface area contributed by atoms with Gasteiger partial charge in [-0.1, -0.05) is 46.7 Å². The summed E-state index contributed by atoms with van der Waals surface area (Å²) >= 11 is 5.06. The van der Waals surface area contributed by atoms with Crippen LogP contribution in [0.15, 0.2) is 52.1 Å². The van der Waals surface area contributed by atoms with Gasteiger partial charge in [0.05, 0.1) is 27.9 Å². The molecule has 0 bridgehead atoms. The number of para-hydroxylation sites is 2. The number of ether oxygens (including phenoxy) is 1. The normalized spacial score (nSPS) is 17.5. The Labute approximate surface area is 192 Å². The molecule has 1 saturated heterocycles. The molecule has 0 radical (unpaired) electrons. The van der Waals surface area contributed by atoms with E-state index in [9.17, 15) is 4.79 Å². The fourth-order valence-corrected chi connectivity index (χ4v) is 5.41. The van der Waals surface area contributed by atoms with E-state index in [0.717, 1.165) is 56.7 Å². The van der Waals surface area contributed by atoms with E-state index in [4.69, 9.17) is 14.7 Å². The van der Waals surface area contributed by atoms with Gasteiger partial charge in [0, 0.05) is 23.0 Å². The minimum Gasteiger partial charge on any atom is -0.376 e. The number of hydrogen-bond donors (Lipinski definition) is 1. The van der Waals surface area contributed by atoms with Crippen molar-refractivity contribution in [2.45, 2.75) is 42.7 Å². The molecule has 31 heavy (non-hydrogen) atoms. The van der Waals surface area contributed by atoms with Gasteiger partial charge in [0.1, 0.15) is 5.65 Å². The number of benzene rings is 2. The van der Waals surface area contributed by atoms with E-state index in [1.54, 1.807) is 0 Å². The standard InChI is InChI=1S/C23H23BrN4O2S/c1-2-20(22(29)25-13-15-6-5-11-30-15)31-23-27-17-10-9-14(24)12-16(17)21-26-18-7-3-4-8-19(18)28(21)23/h3-4,7-10,12,15,20H,2,5-6,11,13H2,1H3,(H,25,29)/t15-,20-/m0/s1. The molecule has 0 saturated carbocycles. The van der Waals surface area contributed by atoms with E-state index in [1.807, 2.05) is 49.4 Å². The van der Waals surface area contributed by atoms with Crippen molar-refractivity contribution in [1.29, 1.82) is 0 Å². The lowest BCUT2D eigenvalue weighted by Gasteiger charge is -2.17. The second kappa shape index (κ2) is 8.76. The minimum atomic E-state index is -0.244. The highest BCUT2D eigenvalue weighted by Gasteiger charge is 2.24. The van der Waals surface area contributed by atoms with E-state index in [0.29, 0.717) is 13.0 Å². The summed E-state index contributed by atoms with van der Waals surface area (Å²) in [6, 6.07) is 14.1. The lowest BCUT2D eigenvalue weighted by Crippen LogP contribution is -2.37. The first kappa shape index (κ1) is 20.7. The van der Waals surface area contributed by atoms with E-state index in [2.05, 4.69) is 25.6 Å². The number of fused-ring (bicyclic) bond motifs is 5. The Bertz CT molecular complexity index is 1270. The molecule has 2 atom stereocenters. The topological polar surface area (TPSA) is 68.5 Å². The predicted molar refractivity (Wildman–Crippen MR) is 128 cm³/mol. The third-order valence-electron chi connectivity index (χ3n) is 5.61. The highest BCUT2D eigenvalue weighted by atomic mass is 79.9. The summed E-state index contributed by atoms with van der Waals surface area (Å²) in [5.41, 5.74) is 3.62. The third kappa shape index (κ3) is 4.04. The molecule has 1 N–H and O–H groups in total. The lowest BCUT2D eigenvalue weighted by molar-refractivity contribution is -0.121. The van der Waals surface area contributed by atoms with Crippen LogP contribution >= 0.6 is 27.7 Å². The van der Waals surface area contributed by atoms with Gasteiger partial charge in [0.2, 0.25) is 5.91 Å². The molecule has 1 fully saturated rings. The number of halogens is 1. The molecule has 5 rings (SSSR count). The zero-order chi connectivity index (χ0) is 21.4. The molecule has 8 heteroatoms. The number of carbonyl (C=O) groups excluding carboxylic acids is 1. The first-order chi connectivity index (χ1) is 15.1. The van der Waals surface area contributed by atoms with Crippen LogP contribution < -0.4 is 5.32 Å². The average Bonchev–Trinajstić information content (AvgIpc) is 3.44. The van der Waals surface area contributed by atoms with Crippen molar-refractivity contribution in [3.63, 3.8) is 0 Å². The summed E-state index contributed by atoms with van der Waals surface area (Å²) in [6.07, 6.45) is 2.91. The van der Waals surface area contributed by atoms with Crippen molar-refractivity contribution in [2.75, 3.05) is 13.2 Å². The van der Waals surface area contributed by atoms with Crippen LogP contribution in [0.25, 0.3) is 27.6 Å². The Morgan fingerprint density at radius 3 is 2.97 bits per heavy atom. The molecular weight excluding hydrogens is 476 g/mol. The quantitative estimate of drug-likeness (QED) is 0.300. The molecule has 1 amide bonds. The molecule has 1 aliphatic heterocycles. The summed E-state index contributed by atoms with van der Waals surface area (Å²) in [7, 11) is 0. The van der Waals surface area contributed by atoms with Crippen molar-refractivity contribution in [2.24, 2.45) is 0 Å². The summed E-state index contributed by atoms with van der Waals surface area (Å²) in [4.78, 5) is 22.8. The number of nitrogens with zero attached hydrogens (tertiary/aromatic N) is 3. The first-order valence-electron chi connectivity index (χ1n) is 10.6. The largest absolute Gasteiger partial charge is 0.376 e. The Morgan fingerprint density at radius 1 is 1.29 bits per heavy atom. The van der Waals surface area contributed by atoms with Crippen molar-refractivity contribution >= 4 is 61.2 Å². The summed E-state index contributed by atoms with van der Waals surface area (Å²) in [5, 5.41) is 4.58. The molecule has 4 aromatic rings. The number of amides is 1. The number of thioether (sulfide) groups is 1. The van der Waals surface area contributed by atoms with Gasteiger partial charge in [-0.05, 0) is 49.6 Å². The van der Waals surface area contributed by atoms with Gasteiger partial charge in [0.15, 0.2) is 5.16 Å². The van der Waals surface area contributed by atoms with Gasteiger partial charge in [-0.15, -0.1) is 0 Å². The molecule has 6 nitrogen and oxygen atoms in total. The molecule has 2 aromatic heterocycles. The third-order valence-corrected chi connectivity index (χ3v) is 7.42. The second-order valence-corrected chi connectivity index (χ2v) is 9.80. The van der Waals surface area contributed by atoms with E-state index in [-0.39, 0.29) is 17.3 Å². The highest BCUT2D eigenvalue weighted by molar-refractivity contribution is 9.10. The molecule has 0 aliphatic carbocycles. The summed E-state index contributed by atoms with van der Waals surface area (Å²) in [6.45, 7) is 3.39. The molecule has 2 aromatic carbocycles.